The minimum atomic E-state index is -1.32. The van der Waals surface area contributed by atoms with Crippen LogP contribution >= 0.6 is 0 Å². The Morgan fingerprint density at radius 1 is 0.846 bits per heavy atom. The van der Waals surface area contributed by atoms with Gasteiger partial charge in [0.1, 0.15) is 5.60 Å². The van der Waals surface area contributed by atoms with E-state index in [-0.39, 0.29) is 0 Å². The number of aromatic nitrogens is 4. The molecule has 2 aromatic carbocycles. The maximum atomic E-state index is 11.3. The van der Waals surface area contributed by atoms with Gasteiger partial charge in [0, 0.05) is 11.8 Å². The topological polar surface area (TPSA) is 63.8 Å². The van der Waals surface area contributed by atoms with Crippen LogP contribution in [-0.2, 0) is 5.60 Å². The van der Waals surface area contributed by atoms with E-state index in [1.807, 2.05) is 78.9 Å². The maximum absolute atomic E-state index is 11.3. The lowest BCUT2D eigenvalue weighted by molar-refractivity contribution is 0.0896. The van der Waals surface area contributed by atoms with Crippen LogP contribution in [0.4, 0.5) is 0 Å². The molecule has 2 aromatic heterocycles. The maximum Gasteiger partial charge on any atom is 0.182 e. The number of hydrogen-bond donors (Lipinski definition) is 1. The Morgan fingerprint density at radius 2 is 1.50 bits per heavy atom. The lowest BCUT2D eigenvalue weighted by Gasteiger charge is -2.23. The number of hydrogen-bond acceptors (Lipinski definition) is 4. The molecule has 5 nitrogen and oxygen atoms in total. The van der Waals surface area contributed by atoms with Gasteiger partial charge < -0.3 is 5.11 Å². The van der Waals surface area contributed by atoms with Crippen molar-refractivity contribution >= 4 is 0 Å². The zero-order valence-corrected chi connectivity index (χ0v) is 14.3. The van der Waals surface area contributed by atoms with Crippen LogP contribution in [0, 0.1) is 0 Å². The monoisotopic (exact) mass is 342 g/mol. The van der Waals surface area contributed by atoms with Crippen LogP contribution in [0.5, 0.6) is 0 Å². The van der Waals surface area contributed by atoms with E-state index in [0.29, 0.717) is 17.5 Å². The van der Waals surface area contributed by atoms with Crippen molar-refractivity contribution in [3.8, 4) is 17.2 Å². The normalized spacial score (nSPS) is 13.3. The summed E-state index contributed by atoms with van der Waals surface area (Å²) in [5, 5.41) is 15.9. The standard InChI is InChI=1S/C21H18N4O/c1-21(26,17-12-6-3-7-13-17)20-23-19(16-10-4-2-5-11-16)24-25(20)18-14-8-9-15-22-18/h2-15,26H,1H3/t21-/m0/s1. The third-order valence-corrected chi connectivity index (χ3v) is 4.28. The summed E-state index contributed by atoms with van der Waals surface area (Å²) in [6, 6.07) is 24.7. The van der Waals surface area contributed by atoms with Crippen LogP contribution in [-0.4, -0.2) is 24.9 Å². The SMILES string of the molecule is C[C@](O)(c1ccccc1)c1nc(-c2ccccc2)nn1-c1ccccn1. The molecule has 0 unspecified atom stereocenters. The third-order valence-electron chi connectivity index (χ3n) is 4.28. The van der Waals surface area contributed by atoms with Crippen LogP contribution in [0.25, 0.3) is 17.2 Å². The summed E-state index contributed by atoms with van der Waals surface area (Å²) in [5.41, 5.74) is 0.301. The molecule has 0 saturated carbocycles. The van der Waals surface area contributed by atoms with Crippen molar-refractivity contribution in [3.05, 3.63) is 96.4 Å². The van der Waals surface area contributed by atoms with Crippen molar-refractivity contribution in [3.63, 3.8) is 0 Å². The van der Waals surface area contributed by atoms with E-state index in [2.05, 4.69) is 15.1 Å². The van der Waals surface area contributed by atoms with Gasteiger partial charge >= 0.3 is 0 Å². The van der Waals surface area contributed by atoms with E-state index in [1.165, 1.54) is 0 Å². The Kier molecular flexibility index (Phi) is 4.07. The first-order valence-corrected chi connectivity index (χ1v) is 8.38. The molecule has 4 aromatic rings. The van der Waals surface area contributed by atoms with E-state index in [9.17, 15) is 5.11 Å². The van der Waals surface area contributed by atoms with Gasteiger partial charge in [-0.25, -0.2) is 9.97 Å². The first kappa shape index (κ1) is 16.2. The third kappa shape index (κ3) is 2.89. The highest BCUT2D eigenvalue weighted by Gasteiger charge is 2.33. The van der Waals surface area contributed by atoms with Crippen LogP contribution in [0.2, 0.25) is 0 Å². The molecule has 1 atom stereocenters. The van der Waals surface area contributed by atoms with Crippen LogP contribution in [0.15, 0.2) is 85.1 Å². The van der Waals surface area contributed by atoms with Gasteiger partial charge in [-0.2, -0.15) is 4.68 Å². The van der Waals surface area contributed by atoms with E-state index >= 15 is 0 Å². The summed E-state index contributed by atoms with van der Waals surface area (Å²) in [6.45, 7) is 1.72. The van der Waals surface area contributed by atoms with Crippen molar-refractivity contribution in [1.82, 2.24) is 19.7 Å². The quantitative estimate of drug-likeness (QED) is 0.616. The van der Waals surface area contributed by atoms with Crippen LogP contribution in [0.1, 0.15) is 18.3 Å². The fourth-order valence-electron chi connectivity index (χ4n) is 2.87. The van der Waals surface area contributed by atoms with E-state index < -0.39 is 5.60 Å². The van der Waals surface area contributed by atoms with Crippen LogP contribution in [0.3, 0.4) is 0 Å². The molecule has 2 heterocycles. The highest BCUT2D eigenvalue weighted by molar-refractivity contribution is 5.55. The summed E-state index contributed by atoms with van der Waals surface area (Å²) >= 11 is 0. The fraction of sp³-hybridized carbons (Fsp3) is 0.0952. The Hall–Kier alpha value is -3.31. The molecule has 0 amide bonds. The molecule has 4 rings (SSSR count). The second-order valence-electron chi connectivity index (χ2n) is 6.16. The first-order valence-electron chi connectivity index (χ1n) is 8.38. The molecular formula is C21H18N4O. The second-order valence-corrected chi connectivity index (χ2v) is 6.16. The molecule has 0 saturated heterocycles. The summed E-state index contributed by atoms with van der Waals surface area (Å²) in [7, 11) is 0. The molecule has 0 radical (unpaired) electrons. The minimum absolute atomic E-state index is 0.418. The molecule has 0 aliphatic heterocycles. The Balaban J connectivity index is 1.91. The number of benzene rings is 2. The van der Waals surface area contributed by atoms with E-state index in [4.69, 9.17) is 0 Å². The first-order chi connectivity index (χ1) is 12.7. The van der Waals surface area contributed by atoms with Crippen molar-refractivity contribution in [2.75, 3.05) is 0 Å². The van der Waals surface area contributed by atoms with Crippen molar-refractivity contribution in [2.45, 2.75) is 12.5 Å². The van der Waals surface area contributed by atoms with Crippen molar-refractivity contribution in [1.29, 1.82) is 0 Å². The molecule has 0 bridgehead atoms. The highest BCUT2D eigenvalue weighted by Crippen LogP contribution is 2.30. The Morgan fingerprint density at radius 3 is 2.15 bits per heavy atom. The lowest BCUT2D eigenvalue weighted by Crippen LogP contribution is -2.27. The molecule has 5 heteroatoms. The molecule has 0 aliphatic carbocycles. The van der Waals surface area contributed by atoms with Gasteiger partial charge in [0.05, 0.1) is 0 Å². The molecule has 0 aliphatic rings. The highest BCUT2D eigenvalue weighted by atomic mass is 16.3. The molecular weight excluding hydrogens is 324 g/mol. The Bertz CT molecular complexity index is 996. The molecule has 0 fully saturated rings. The summed E-state index contributed by atoms with van der Waals surface area (Å²) in [5.74, 6) is 1.57. The fourth-order valence-corrected chi connectivity index (χ4v) is 2.87. The van der Waals surface area contributed by atoms with Gasteiger partial charge in [-0.15, -0.1) is 5.10 Å². The van der Waals surface area contributed by atoms with Crippen molar-refractivity contribution < 1.29 is 5.11 Å². The second kappa shape index (κ2) is 6.54. The predicted molar refractivity (Wildman–Crippen MR) is 99.7 cm³/mol. The minimum Gasteiger partial charge on any atom is -0.377 e. The summed E-state index contributed by atoms with van der Waals surface area (Å²) in [6.07, 6.45) is 1.69. The molecule has 0 spiro atoms. The van der Waals surface area contributed by atoms with Gasteiger partial charge in [0.15, 0.2) is 17.5 Å². The van der Waals surface area contributed by atoms with Gasteiger partial charge in [0.25, 0.3) is 0 Å². The molecule has 1 N–H and O–H groups in total. The zero-order valence-electron chi connectivity index (χ0n) is 14.3. The number of aliphatic hydroxyl groups is 1. The largest absolute Gasteiger partial charge is 0.377 e. The number of pyridine rings is 1. The molecule has 26 heavy (non-hydrogen) atoms. The average molecular weight is 342 g/mol. The van der Waals surface area contributed by atoms with Crippen LogP contribution < -0.4 is 0 Å². The van der Waals surface area contributed by atoms with E-state index in [0.717, 1.165) is 11.1 Å². The van der Waals surface area contributed by atoms with Gasteiger partial charge in [-0.3, -0.25) is 0 Å². The number of rotatable bonds is 4. The van der Waals surface area contributed by atoms with Crippen molar-refractivity contribution in [2.24, 2.45) is 0 Å². The lowest BCUT2D eigenvalue weighted by atomic mass is 9.95. The van der Waals surface area contributed by atoms with Gasteiger partial charge in [-0.1, -0.05) is 66.7 Å². The average Bonchev–Trinajstić information content (AvgIpc) is 3.16. The zero-order chi connectivity index (χ0) is 18.0. The number of nitrogens with zero attached hydrogens (tertiary/aromatic N) is 4. The van der Waals surface area contributed by atoms with Gasteiger partial charge in [-0.05, 0) is 24.6 Å². The van der Waals surface area contributed by atoms with E-state index in [1.54, 1.807) is 17.8 Å². The molecule has 128 valence electrons. The Labute approximate surface area is 151 Å². The van der Waals surface area contributed by atoms with Gasteiger partial charge in [0.2, 0.25) is 0 Å². The predicted octanol–water partition coefficient (Wildman–Crippen LogP) is 3.59. The summed E-state index contributed by atoms with van der Waals surface area (Å²) in [4.78, 5) is 9.04. The smallest absolute Gasteiger partial charge is 0.182 e. The summed E-state index contributed by atoms with van der Waals surface area (Å²) < 4.78 is 1.61.